The van der Waals surface area contributed by atoms with Crippen molar-refractivity contribution in [3.05, 3.63) is 40.9 Å². The molecule has 0 spiro atoms. The minimum atomic E-state index is 0.0351. The molecule has 2 aromatic rings. The van der Waals surface area contributed by atoms with Gasteiger partial charge < -0.3 is 9.64 Å². The van der Waals surface area contributed by atoms with E-state index in [9.17, 15) is 9.59 Å². The molecule has 0 aliphatic carbocycles. The van der Waals surface area contributed by atoms with E-state index in [0.717, 1.165) is 30.0 Å². The summed E-state index contributed by atoms with van der Waals surface area (Å²) in [7, 11) is 1.63. The fraction of sp³-hybridized carbons (Fsp3) is 0.421. The number of likely N-dealkylation sites (N-methyl/N-ethyl adjacent to an activating group) is 1. The summed E-state index contributed by atoms with van der Waals surface area (Å²) in [6.07, 6.45) is 1.71. The summed E-state index contributed by atoms with van der Waals surface area (Å²) in [5.41, 5.74) is 1.78. The zero-order valence-electron chi connectivity index (χ0n) is 15.1. The molecule has 0 N–H and O–H groups in total. The second-order valence-electron chi connectivity index (χ2n) is 6.20. The molecule has 1 aromatic heterocycles. The quantitative estimate of drug-likeness (QED) is 0.749. The molecule has 6 nitrogen and oxygen atoms in total. The van der Waals surface area contributed by atoms with Crippen LogP contribution >= 0.6 is 11.3 Å². The van der Waals surface area contributed by atoms with Crippen LogP contribution in [-0.2, 0) is 22.6 Å². The van der Waals surface area contributed by atoms with Crippen molar-refractivity contribution in [3.63, 3.8) is 0 Å². The fourth-order valence-corrected chi connectivity index (χ4v) is 3.81. The van der Waals surface area contributed by atoms with Crippen molar-refractivity contribution in [2.75, 3.05) is 25.1 Å². The smallest absolute Gasteiger partial charge is 0.228 e. The molecule has 0 saturated carbocycles. The standard InChI is InChI=1S/C19H23N3O3S/c1-3-21(12-14-6-8-16(25-2)9-7-14)18(24)11-15-13-26-19(20-15)22-10-4-5-17(22)23/h6-9,13H,3-5,10-12H2,1-2H3. The number of thiazole rings is 1. The molecule has 1 saturated heterocycles. The Labute approximate surface area is 157 Å². The van der Waals surface area contributed by atoms with Crippen LogP contribution in [0.15, 0.2) is 29.6 Å². The maximum atomic E-state index is 12.7. The summed E-state index contributed by atoms with van der Waals surface area (Å²) in [5, 5.41) is 2.58. The van der Waals surface area contributed by atoms with Crippen LogP contribution < -0.4 is 9.64 Å². The van der Waals surface area contributed by atoms with Crippen LogP contribution in [0.3, 0.4) is 0 Å². The van der Waals surface area contributed by atoms with E-state index in [0.29, 0.717) is 24.6 Å². The molecule has 0 bridgehead atoms. The van der Waals surface area contributed by atoms with Gasteiger partial charge in [-0.05, 0) is 31.0 Å². The molecule has 1 aliphatic rings. The number of ether oxygens (including phenoxy) is 1. The van der Waals surface area contributed by atoms with Gasteiger partial charge in [-0.15, -0.1) is 11.3 Å². The van der Waals surface area contributed by atoms with Gasteiger partial charge in [0.25, 0.3) is 0 Å². The van der Waals surface area contributed by atoms with Crippen LogP contribution in [0.5, 0.6) is 5.75 Å². The number of carbonyl (C=O) groups excluding carboxylic acids is 2. The third-order valence-electron chi connectivity index (χ3n) is 4.44. The van der Waals surface area contributed by atoms with E-state index in [1.807, 2.05) is 41.5 Å². The Morgan fingerprint density at radius 3 is 2.73 bits per heavy atom. The highest BCUT2D eigenvalue weighted by Gasteiger charge is 2.24. The second kappa shape index (κ2) is 8.31. The Balaban J connectivity index is 1.61. The van der Waals surface area contributed by atoms with Crippen LogP contribution in [-0.4, -0.2) is 41.9 Å². The van der Waals surface area contributed by atoms with Gasteiger partial charge in [-0.3, -0.25) is 14.5 Å². The minimum absolute atomic E-state index is 0.0351. The van der Waals surface area contributed by atoms with Crippen LogP contribution in [0.1, 0.15) is 31.0 Å². The molecule has 26 heavy (non-hydrogen) atoms. The first-order valence-corrected chi connectivity index (χ1v) is 9.64. The van der Waals surface area contributed by atoms with E-state index in [2.05, 4.69) is 4.98 Å². The molecule has 1 aromatic carbocycles. The van der Waals surface area contributed by atoms with Gasteiger partial charge in [-0.2, -0.15) is 0 Å². The topological polar surface area (TPSA) is 62.7 Å². The number of hydrogen-bond donors (Lipinski definition) is 0. The molecule has 0 atom stereocenters. The zero-order valence-corrected chi connectivity index (χ0v) is 15.9. The van der Waals surface area contributed by atoms with E-state index in [1.54, 1.807) is 12.0 Å². The Kier molecular flexibility index (Phi) is 5.88. The van der Waals surface area contributed by atoms with Crippen molar-refractivity contribution < 1.29 is 14.3 Å². The maximum Gasteiger partial charge on any atom is 0.228 e. The Hall–Kier alpha value is -2.41. The van der Waals surface area contributed by atoms with Crippen molar-refractivity contribution in [2.24, 2.45) is 0 Å². The van der Waals surface area contributed by atoms with Gasteiger partial charge in [-0.25, -0.2) is 4.98 Å². The van der Waals surface area contributed by atoms with Gasteiger partial charge in [-0.1, -0.05) is 12.1 Å². The molecule has 3 rings (SSSR count). The molecule has 1 aliphatic heterocycles. The summed E-state index contributed by atoms with van der Waals surface area (Å²) in [5.74, 6) is 0.953. The summed E-state index contributed by atoms with van der Waals surface area (Å²) in [6, 6.07) is 7.73. The zero-order chi connectivity index (χ0) is 18.5. The largest absolute Gasteiger partial charge is 0.497 e. The first-order chi connectivity index (χ1) is 12.6. The lowest BCUT2D eigenvalue weighted by atomic mass is 10.2. The summed E-state index contributed by atoms with van der Waals surface area (Å²) in [4.78, 5) is 32.5. The summed E-state index contributed by atoms with van der Waals surface area (Å²) < 4.78 is 5.16. The van der Waals surface area contributed by atoms with Gasteiger partial charge in [0.15, 0.2) is 5.13 Å². The van der Waals surface area contributed by atoms with Gasteiger partial charge in [0.05, 0.1) is 19.2 Å². The first-order valence-electron chi connectivity index (χ1n) is 8.76. The van der Waals surface area contributed by atoms with E-state index < -0.39 is 0 Å². The van der Waals surface area contributed by atoms with Gasteiger partial charge in [0.2, 0.25) is 11.8 Å². The average Bonchev–Trinajstić information content (AvgIpc) is 3.28. The van der Waals surface area contributed by atoms with Crippen molar-refractivity contribution >= 4 is 28.3 Å². The van der Waals surface area contributed by atoms with Crippen molar-refractivity contribution in [1.82, 2.24) is 9.88 Å². The summed E-state index contributed by atoms with van der Waals surface area (Å²) in [6.45, 7) is 3.88. The Morgan fingerprint density at radius 1 is 1.35 bits per heavy atom. The molecule has 1 fully saturated rings. The number of amides is 2. The molecular formula is C19H23N3O3S. The van der Waals surface area contributed by atoms with E-state index >= 15 is 0 Å². The molecule has 0 unspecified atom stereocenters. The SMILES string of the molecule is CCN(Cc1ccc(OC)cc1)C(=O)Cc1csc(N2CCCC2=O)n1. The third-order valence-corrected chi connectivity index (χ3v) is 5.36. The lowest BCUT2D eigenvalue weighted by Crippen LogP contribution is -2.31. The predicted molar refractivity (Wildman–Crippen MR) is 101 cm³/mol. The monoisotopic (exact) mass is 373 g/mol. The lowest BCUT2D eigenvalue weighted by molar-refractivity contribution is -0.130. The second-order valence-corrected chi connectivity index (χ2v) is 7.04. The van der Waals surface area contributed by atoms with Gasteiger partial charge in [0.1, 0.15) is 5.75 Å². The number of anilines is 1. The lowest BCUT2D eigenvalue weighted by Gasteiger charge is -2.21. The van der Waals surface area contributed by atoms with Crippen molar-refractivity contribution in [1.29, 1.82) is 0 Å². The molecule has 138 valence electrons. The average molecular weight is 373 g/mol. The number of aromatic nitrogens is 1. The number of rotatable bonds is 7. The minimum Gasteiger partial charge on any atom is -0.497 e. The van der Waals surface area contributed by atoms with Crippen LogP contribution in [0.25, 0.3) is 0 Å². The molecule has 2 amide bonds. The first kappa shape index (κ1) is 18.4. The number of nitrogens with zero attached hydrogens (tertiary/aromatic N) is 3. The van der Waals surface area contributed by atoms with Crippen molar-refractivity contribution in [2.45, 2.75) is 32.7 Å². The Morgan fingerprint density at radius 2 is 2.12 bits per heavy atom. The van der Waals surface area contributed by atoms with Gasteiger partial charge in [0, 0.05) is 31.4 Å². The highest BCUT2D eigenvalue weighted by atomic mass is 32.1. The number of hydrogen-bond acceptors (Lipinski definition) is 5. The molecule has 0 radical (unpaired) electrons. The molecule has 2 heterocycles. The maximum absolute atomic E-state index is 12.7. The van der Waals surface area contributed by atoms with E-state index in [-0.39, 0.29) is 18.2 Å². The van der Waals surface area contributed by atoms with Crippen LogP contribution in [0, 0.1) is 0 Å². The van der Waals surface area contributed by atoms with Crippen molar-refractivity contribution in [3.8, 4) is 5.75 Å². The number of methoxy groups -OCH3 is 1. The van der Waals surface area contributed by atoms with Gasteiger partial charge >= 0.3 is 0 Å². The fourth-order valence-electron chi connectivity index (χ4n) is 2.95. The number of benzene rings is 1. The summed E-state index contributed by atoms with van der Waals surface area (Å²) >= 11 is 1.43. The van der Waals surface area contributed by atoms with Crippen LogP contribution in [0.4, 0.5) is 5.13 Å². The third kappa shape index (κ3) is 4.22. The van der Waals surface area contributed by atoms with E-state index in [4.69, 9.17) is 4.74 Å². The highest BCUT2D eigenvalue weighted by molar-refractivity contribution is 7.14. The number of carbonyl (C=O) groups is 2. The molecule has 7 heteroatoms. The highest BCUT2D eigenvalue weighted by Crippen LogP contribution is 2.25. The molecular weight excluding hydrogens is 350 g/mol. The predicted octanol–water partition coefficient (Wildman–Crippen LogP) is 2.87. The van der Waals surface area contributed by atoms with E-state index in [1.165, 1.54) is 11.3 Å². The Bertz CT molecular complexity index is 773. The normalized spacial score (nSPS) is 13.9. The van der Waals surface area contributed by atoms with Crippen LogP contribution in [0.2, 0.25) is 0 Å².